The maximum Gasteiger partial charge on any atom is 0.247 e. The van der Waals surface area contributed by atoms with Crippen molar-refractivity contribution >= 4 is 11.8 Å². The maximum atomic E-state index is 11.6. The molecule has 1 N–H and O–H groups in total. The van der Waals surface area contributed by atoms with Crippen LogP contribution in [0.15, 0.2) is 0 Å². The zero-order valence-electron chi connectivity index (χ0n) is 5.65. The van der Waals surface area contributed by atoms with Gasteiger partial charge in [-0.25, -0.2) is 8.78 Å². The molecule has 1 heterocycles. The van der Waals surface area contributed by atoms with E-state index in [1.54, 1.807) is 0 Å². The van der Waals surface area contributed by atoms with Gasteiger partial charge in [-0.15, -0.1) is 0 Å². The Kier molecular flexibility index (Phi) is 3.42. The minimum Gasteiger partial charge on any atom is -0.316 e. The van der Waals surface area contributed by atoms with Crippen LogP contribution in [0, 0.1) is 5.92 Å². The van der Waals surface area contributed by atoms with Gasteiger partial charge in [0.05, 0.1) is 5.75 Å². The van der Waals surface area contributed by atoms with Gasteiger partial charge in [-0.3, -0.25) is 0 Å². The zero-order valence-corrected chi connectivity index (χ0v) is 6.46. The van der Waals surface area contributed by atoms with Gasteiger partial charge >= 0.3 is 0 Å². The molecule has 0 radical (unpaired) electrons. The number of thioether (sulfide) groups is 1. The number of halogens is 2. The molecule has 0 unspecified atom stereocenters. The predicted octanol–water partition coefficient (Wildman–Crippen LogP) is 1.20. The van der Waals surface area contributed by atoms with Crippen LogP contribution >= 0.6 is 11.8 Å². The van der Waals surface area contributed by atoms with Crippen molar-refractivity contribution in [2.45, 2.75) is 6.43 Å². The molecule has 1 rings (SSSR count). The van der Waals surface area contributed by atoms with Crippen LogP contribution in [0.4, 0.5) is 8.78 Å². The molecule has 0 aromatic heterocycles. The highest BCUT2D eigenvalue weighted by Crippen LogP contribution is 2.14. The van der Waals surface area contributed by atoms with Crippen LogP contribution in [0.1, 0.15) is 0 Å². The molecule has 0 aromatic rings. The third-order valence-electron chi connectivity index (χ3n) is 1.46. The Morgan fingerprint density at radius 3 is 2.60 bits per heavy atom. The SMILES string of the molecule is FC(F)CSCC1CNC1. The lowest BCUT2D eigenvalue weighted by molar-refractivity contribution is 0.176. The molecule has 4 heteroatoms. The fourth-order valence-electron chi connectivity index (χ4n) is 0.790. The van der Waals surface area contributed by atoms with Crippen molar-refractivity contribution in [3.63, 3.8) is 0 Å². The first-order valence-corrected chi connectivity index (χ1v) is 4.51. The molecule has 0 aromatic carbocycles. The molecule has 0 saturated carbocycles. The van der Waals surface area contributed by atoms with Crippen LogP contribution < -0.4 is 5.32 Å². The fraction of sp³-hybridized carbons (Fsp3) is 1.00. The quantitative estimate of drug-likeness (QED) is 0.675. The summed E-state index contributed by atoms with van der Waals surface area (Å²) in [5, 5.41) is 3.10. The summed E-state index contributed by atoms with van der Waals surface area (Å²) in [6.45, 7) is 2.02. The lowest BCUT2D eigenvalue weighted by Crippen LogP contribution is -2.43. The average Bonchev–Trinajstić information content (AvgIpc) is 1.75. The van der Waals surface area contributed by atoms with E-state index >= 15 is 0 Å². The van der Waals surface area contributed by atoms with E-state index in [-0.39, 0.29) is 5.75 Å². The monoisotopic (exact) mass is 167 g/mol. The molecular weight excluding hydrogens is 156 g/mol. The first kappa shape index (κ1) is 8.27. The average molecular weight is 167 g/mol. The van der Waals surface area contributed by atoms with E-state index in [1.807, 2.05) is 0 Å². The second-order valence-corrected chi connectivity index (χ2v) is 3.53. The molecule has 1 nitrogen and oxygen atoms in total. The summed E-state index contributed by atoms with van der Waals surface area (Å²) in [4.78, 5) is 0. The van der Waals surface area contributed by atoms with Gasteiger partial charge in [0.25, 0.3) is 0 Å². The number of alkyl halides is 2. The van der Waals surface area contributed by atoms with Crippen LogP contribution in [0.5, 0.6) is 0 Å². The van der Waals surface area contributed by atoms with Gasteiger partial charge in [-0.1, -0.05) is 0 Å². The molecule has 0 atom stereocenters. The van der Waals surface area contributed by atoms with Crippen LogP contribution in [-0.4, -0.2) is 31.0 Å². The first-order chi connectivity index (χ1) is 4.79. The van der Waals surface area contributed by atoms with Crippen LogP contribution in [0.3, 0.4) is 0 Å². The van der Waals surface area contributed by atoms with Gasteiger partial charge in [0.1, 0.15) is 0 Å². The normalized spacial score (nSPS) is 19.5. The highest BCUT2D eigenvalue weighted by molar-refractivity contribution is 7.99. The van der Waals surface area contributed by atoms with Crippen molar-refractivity contribution in [2.75, 3.05) is 24.6 Å². The molecule has 0 amide bonds. The summed E-state index contributed by atoms with van der Waals surface area (Å²) in [5.74, 6) is 1.53. The van der Waals surface area contributed by atoms with Crippen molar-refractivity contribution in [3.8, 4) is 0 Å². The lowest BCUT2D eigenvalue weighted by atomic mass is 10.1. The third-order valence-corrected chi connectivity index (χ3v) is 2.66. The van der Waals surface area contributed by atoms with Gasteiger partial charge in [0, 0.05) is 0 Å². The van der Waals surface area contributed by atoms with Gasteiger partial charge in [0.2, 0.25) is 6.43 Å². The van der Waals surface area contributed by atoms with E-state index in [4.69, 9.17) is 0 Å². The fourth-order valence-corrected chi connectivity index (χ4v) is 1.67. The van der Waals surface area contributed by atoms with E-state index in [9.17, 15) is 8.78 Å². The van der Waals surface area contributed by atoms with Gasteiger partial charge in [0.15, 0.2) is 0 Å². The number of rotatable bonds is 4. The molecule has 1 aliphatic rings. The van der Waals surface area contributed by atoms with Gasteiger partial charge in [-0.05, 0) is 24.8 Å². The second-order valence-electron chi connectivity index (χ2n) is 2.45. The van der Waals surface area contributed by atoms with E-state index < -0.39 is 6.43 Å². The molecule has 0 aliphatic carbocycles. The Labute approximate surface area is 63.6 Å². The Balaban J connectivity index is 1.85. The Morgan fingerprint density at radius 2 is 2.20 bits per heavy atom. The molecule has 1 saturated heterocycles. The van der Waals surface area contributed by atoms with Gasteiger partial charge in [-0.2, -0.15) is 11.8 Å². The van der Waals surface area contributed by atoms with Crippen LogP contribution in [-0.2, 0) is 0 Å². The van der Waals surface area contributed by atoms with Crippen molar-refractivity contribution in [2.24, 2.45) is 5.92 Å². The summed E-state index contributed by atoms with van der Waals surface area (Å²) in [7, 11) is 0. The highest BCUT2D eigenvalue weighted by atomic mass is 32.2. The van der Waals surface area contributed by atoms with Crippen LogP contribution in [0.25, 0.3) is 0 Å². The van der Waals surface area contributed by atoms with Crippen molar-refractivity contribution in [1.82, 2.24) is 5.32 Å². The molecule has 0 spiro atoms. The topological polar surface area (TPSA) is 12.0 Å². The summed E-state index contributed by atoms with van der Waals surface area (Å²) >= 11 is 1.36. The Hall–Kier alpha value is 0.170. The lowest BCUT2D eigenvalue weighted by Gasteiger charge is -2.26. The van der Waals surface area contributed by atoms with Crippen molar-refractivity contribution < 1.29 is 8.78 Å². The minimum atomic E-state index is -2.14. The van der Waals surface area contributed by atoms with Gasteiger partial charge < -0.3 is 5.32 Å². The van der Waals surface area contributed by atoms with Crippen molar-refractivity contribution in [3.05, 3.63) is 0 Å². The Morgan fingerprint density at radius 1 is 1.50 bits per heavy atom. The number of hydrogen-bond donors (Lipinski definition) is 1. The standard InChI is InChI=1S/C6H11F2NS/c7-6(8)4-10-3-5-1-9-2-5/h5-6,9H,1-4H2. The first-order valence-electron chi connectivity index (χ1n) is 3.35. The smallest absolute Gasteiger partial charge is 0.247 e. The highest BCUT2D eigenvalue weighted by Gasteiger charge is 2.16. The largest absolute Gasteiger partial charge is 0.316 e. The third kappa shape index (κ3) is 2.84. The molecule has 60 valence electrons. The van der Waals surface area contributed by atoms with E-state index in [1.165, 1.54) is 11.8 Å². The number of nitrogens with one attached hydrogen (secondary N) is 1. The number of hydrogen-bond acceptors (Lipinski definition) is 2. The second kappa shape index (κ2) is 4.13. The molecule has 1 fully saturated rings. The summed E-state index contributed by atoms with van der Waals surface area (Å²) in [6.07, 6.45) is -2.14. The van der Waals surface area contributed by atoms with Crippen LogP contribution in [0.2, 0.25) is 0 Å². The summed E-state index contributed by atoms with van der Waals surface area (Å²) in [5.41, 5.74) is 0. The van der Waals surface area contributed by atoms with Crippen molar-refractivity contribution in [1.29, 1.82) is 0 Å². The minimum absolute atomic E-state index is 0.00347. The Bertz CT molecular complexity index is 95.7. The molecule has 1 aliphatic heterocycles. The maximum absolute atomic E-state index is 11.6. The summed E-state index contributed by atoms with van der Waals surface area (Å²) < 4.78 is 23.1. The van der Waals surface area contributed by atoms with E-state index in [0.717, 1.165) is 18.8 Å². The zero-order chi connectivity index (χ0) is 7.40. The molecule has 0 bridgehead atoms. The summed E-state index contributed by atoms with van der Waals surface area (Å²) in [6, 6.07) is 0. The van der Waals surface area contributed by atoms with E-state index in [2.05, 4.69) is 5.32 Å². The molecular formula is C6H11F2NS. The molecule has 10 heavy (non-hydrogen) atoms. The predicted molar refractivity (Wildman–Crippen MR) is 39.7 cm³/mol. The van der Waals surface area contributed by atoms with E-state index in [0.29, 0.717) is 5.92 Å².